The minimum absolute atomic E-state index is 0.142. The van der Waals surface area contributed by atoms with E-state index in [-0.39, 0.29) is 11.9 Å². The molecule has 0 atom stereocenters. The van der Waals surface area contributed by atoms with Crippen molar-refractivity contribution in [2.45, 2.75) is 6.92 Å². The number of likely N-dealkylation sites (N-methyl/N-ethyl adjacent to an activating group) is 1. The summed E-state index contributed by atoms with van der Waals surface area (Å²) in [7, 11) is 1.71. The van der Waals surface area contributed by atoms with E-state index >= 15 is 0 Å². The number of thioether (sulfide) groups is 1. The summed E-state index contributed by atoms with van der Waals surface area (Å²) in [6.45, 7) is 3.23. The highest BCUT2D eigenvalue weighted by molar-refractivity contribution is 9.10. The molecule has 0 radical (unpaired) electrons. The van der Waals surface area contributed by atoms with Gasteiger partial charge in [0, 0.05) is 23.6 Å². The fourth-order valence-corrected chi connectivity index (χ4v) is 3.42. The van der Waals surface area contributed by atoms with Crippen molar-refractivity contribution in [3.05, 3.63) is 33.1 Å². The molecule has 0 saturated carbocycles. The van der Waals surface area contributed by atoms with Gasteiger partial charge in [0.05, 0.1) is 11.4 Å². The van der Waals surface area contributed by atoms with Crippen LogP contribution in [0.5, 0.6) is 5.75 Å². The first-order valence-electron chi connectivity index (χ1n) is 7.57. The lowest BCUT2D eigenvalue weighted by molar-refractivity contribution is -0.115. The number of nitrogens with zero attached hydrogens (tertiary/aromatic N) is 1. The number of amides is 3. The summed E-state index contributed by atoms with van der Waals surface area (Å²) < 4.78 is 7.12. The molecule has 1 fully saturated rings. The Morgan fingerprint density at radius 1 is 1.52 bits per heavy atom. The molecule has 1 heterocycles. The quantitative estimate of drug-likeness (QED) is 0.522. The van der Waals surface area contributed by atoms with Gasteiger partial charge in [-0.15, -0.1) is 0 Å². The van der Waals surface area contributed by atoms with Crippen molar-refractivity contribution < 1.29 is 14.3 Å². The van der Waals surface area contributed by atoms with E-state index in [0.717, 1.165) is 10.0 Å². The van der Waals surface area contributed by atoms with Crippen LogP contribution < -0.4 is 15.4 Å². The molecule has 6 nitrogen and oxygen atoms in total. The van der Waals surface area contributed by atoms with Gasteiger partial charge in [-0.05, 0) is 31.2 Å². The number of carbonyl (C=O) groups excluding carboxylic acids is 2. The number of hydrogen-bond acceptors (Lipinski definition) is 5. The van der Waals surface area contributed by atoms with Gasteiger partial charge in [0.2, 0.25) is 0 Å². The molecule has 0 aromatic heterocycles. The van der Waals surface area contributed by atoms with Gasteiger partial charge in [-0.3, -0.25) is 4.79 Å². The number of urea groups is 1. The molecule has 25 heavy (non-hydrogen) atoms. The second kappa shape index (κ2) is 9.21. The zero-order valence-electron chi connectivity index (χ0n) is 13.8. The molecule has 1 aliphatic rings. The lowest BCUT2D eigenvalue weighted by Gasteiger charge is -2.18. The molecule has 0 aliphatic carbocycles. The molecule has 1 aromatic rings. The highest BCUT2D eigenvalue weighted by atomic mass is 79.9. The monoisotopic (exact) mass is 443 g/mol. The largest absolute Gasteiger partial charge is 0.491 e. The first-order chi connectivity index (χ1) is 11.9. The van der Waals surface area contributed by atoms with Crippen molar-refractivity contribution in [1.82, 2.24) is 15.5 Å². The van der Waals surface area contributed by atoms with E-state index in [4.69, 9.17) is 17.0 Å². The number of thiocarbonyl (C=S) groups is 1. The zero-order valence-corrected chi connectivity index (χ0v) is 17.0. The molecule has 2 rings (SSSR count). The summed E-state index contributed by atoms with van der Waals surface area (Å²) in [4.78, 5) is 25.6. The maximum Gasteiger partial charge on any atom is 0.317 e. The van der Waals surface area contributed by atoms with E-state index in [1.807, 2.05) is 25.1 Å². The fraction of sp³-hybridized carbons (Fsp3) is 0.312. The predicted octanol–water partition coefficient (Wildman–Crippen LogP) is 2.98. The van der Waals surface area contributed by atoms with Crippen LogP contribution in [0.1, 0.15) is 12.5 Å². The zero-order chi connectivity index (χ0) is 18.4. The number of ether oxygens (including phenoxy) is 1. The lowest BCUT2D eigenvalue weighted by atomic mass is 10.2. The lowest BCUT2D eigenvalue weighted by Crippen LogP contribution is -2.39. The minimum atomic E-state index is -0.211. The van der Waals surface area contributed by atoms with E-state index in [9.17, 15) is 9.59 Å². The Bertz CT molecular complexity index is 725. The van der Waals surface area contributed by atoms with Crippen LogP contribution in [0, 0.1) is 0 Å². The van der Waals surface area contributed by atoms with Gasteiger partial charge in [0.15, 0.2) is 0 Å². The van der Waals surface area contributed by atoms with E-state index in [1.165, 1.54) is 11.8 Å². The van der Waals surface area contributed by atoms with Crippen molar-refractivity contribution in [1.29, 1.82) is 0 Å². The highest BCUT2D eigenvalue weighted by Gasteiger charge is 2.22. The van der Waals surface area contributed by atoms with Crippen LogP contribution in [0.4, 0.5) is 4.79 Å². The Morgan fingerprint density at radius 2 is 2.28 bits per heavy atom. The Labute approximate surface area is 164 Å². The predicted molar refractivity (Wildman–Crippen MR) is 108 cm³/mol. The van der Waals surface area contributed by atoms with Gasteiger partial charge < -0.3 is 20.3 Å². The number of nitrogens with one attached hydrogen (secondary N) is 2. The molecule has 0 unspecified atom stereocenters. The number of hydrogen-bond donors (Lipinski definition) is 2. The molecule has 0 spiro atoms. The Kier molecular flexibility index (Phi) is 7.27. The molecule has 2 N–H and O–H groups in total. The second-order valence-electron chi connectivity index (χ2n) is 5.14. The third-order valence-corrected chi connectivity index (χ3v) is 4.92. The van der Waals surface area contributed by atoms with Crippen molar-refractivity contribution in [3.63, 3.8) is 0 Å². The fourth-order valence-electron chi connectivity index (χ4n) is 2.01. The molecule has 9 heteroatoms. The molecule has 0 bridgehead atoms. The van der Waals surface area contributed by atoms with Crippen molar-refractivity contribution in [2.75, 3.05) is 26.7 Å². The Morgan fingerprint density at radius 3 is 2.92 bits per heavy atom. The maximum atomic E-state index is 11.8. The molecule has 1 aliphatic heterocycles. The summed E-state index contributed by atoms with van der Waals surface area (Å²) in [5, 5.41) is 5.31. The van der Waals surface area contributed by atoms with Crippen LogP contribution in [-0.4, -0.2) is 47.9 Å². The van der Waals surface area contributed by atoms with Crippen LogP contribution in [0.15, 0.2) is 27.6 Å². The minimum Gasteiger partial charge on any atom is -0.491 e. The van der Waals surface area contributed by atoms with Gasteiger partial charge >= 0.3 is 6.03 Å². The maximum absolute atomic E-state index is 11.8. The van der Waals surface area contributed by atoms with Crippen LogP contribution in [0.2, 0.25) is 0 Å². The van der Waals surface area contributed by atoms with E-state index in [0.29, 0.717) is 34.7 Å². The van der Waals surface area contributed by atoms with Crippen LogP contribution in [0.3, 0.4) is 0 Å². The van der Waals surface area contributed by atoms with Crippen LogP contribution >= 0.6 is 39.9 Å². The summed E-state index contributed by atoms with van der Waals surface area (Å²) >= 11 is 9.64. The number of halogens is 1. The van der Waals surface area contributed by atoms with Gasteiger partial charge in [-0.25, -0.2) is 4.79 Å². The molecule has 134 valence electrons. The van der Waals surface area contributed by atoms with Crippen molar-refractivity contribution >= 4 is 62.2 Å². The highest BCUT2D eigenvalue weighted by Crippen LogP contribution is 2.31. The van der Waals surface area contributed by atoms with Crippen molar-refractivity contribution in [2.24, 2.45) is 0 Å². The van der Waals surface area contributed by atoms with E-state index in [2.05, 4.69) is 26.6 Å². The standard InChI is InChI=1S/C16H18BrN3O3S2/c1-3-18-15(22)20(2)6-7-23-12-5-4-11(17)8-10(12)9-13-14(21)19-16(24)25-13/h4-5,8-9H,3,6-7H2,1-2H3,(H,18,22)(H,19,21,24)/b13-9-. The van der Waals surface area contributed by atoms with Crippen LogP contribution in [0.25, 0.3) is 6.08 Å². The molecule has 3 amide bonds. The average Bonchev–Trinajstić information content (AvgIpc) is 2.87. The number of rotatable bonds is 6. The molecular weight excluding hydrogens is 426 g/mol. The van der Waals surface area contributed by atoms with Crippen LogP contribution in [-0.2, 0) is 4.79 Å². The molecule has 1 saturated heterocycles. The third kappa shape index (κ3) is 5.72. The summed E-state index contributed by atoms with van der Waals surface area (Å²) in [5.41, 5.74) is 0.761. The number of benzene rings is 1. The first kappa shape index (κ1) is 19.7. The van der Waals surface area contributed by atoms with Gasteiger partial charge in [0.1, 0.15) is 16.7 Å². The average molecular weight is 444 g/mol. The second-order valence-corrected chi connectivity index (χ2v) is 7.77. The first-order valence-corrected chi connectivity index (χ1v) is 9.58. The summed E-state index contributed by atoms with van der Waals surface area (Å²) in [6, 6.07) is 5.40. The number of carbonyl (C=O) groups is 2. The Balaban J connectivity index is 2.06. The SMILES string of the molecule is CCNC(=O)N(C)CCOc1ccc(Br)cc1/C=C1\SC(=S)NC1=O. The van der Waals surface area contributed by atoms with E-state index < -0.39 is 0 Å². The molecular formula is C16H18BrN3O3S2. The smallest absolute Gasteiger partial charge is 0.317 e. The van der Waals surface area contributed by atoms with E-state index in [1.54, 1.807) is 18.0 Å². The normalized spacial score (nSPS) is 15.2. The van der Waals surface area contributed by atoms with Gasteiger partial charge in [0.25, 0.3) is 5.91 Å². The third-order valence-electron chi connectivity index (χ3n) is 3.26. The van der Waals surface area contributed by atoms with Gasteiger partial charge in [-0.1, -0.05) is 39.9 Å². The summed E-state index contributed by atoms with van der Waals surface area (Å²) in [6.07, 6.45) is 1.74. The summed E-state index contributed by atoms with van der Waals surface area (Å²) in [5.74, 6) is 0.420. The molecule has 1 aromatic carbocycles. The Hall–Kier alpha value is -1.58. The van der Waals surface area contributed by atoms with Gasteiger partial charge in [-0.2, -0.15) is 0 Å². The topological polar surface area (TPSA) is 70.7 Å². The van der Waals surface area contributed by atoms with Crippen molar-refractivity contribution in [3.8, 4) is 5.75 Å².